The number of nitrogens with one attached hydrogen (secondary N) is 1. The van der Waals surface area contributed by atoms with Crippen LogP contribution < -0.4 is 14.8 Å². The summed E-state index contributed by atoms with van der Waals surface area (Å²) in [5.41, 5.74) is 2.78. The van der Waals surface area contributed by atoms with E-state index < -0.39 is 0 Å². The lowest BCUT2D eigenvalue weighted by Gasteiger charge is -2.16. The van der Waals surface area contributed by atoms with Gasteiger partial charge in [-0.3, -0.25) is 0 Å². The summed E-state index contributed by atoms with van der Waals surface area (Å²) in [4.78, 5) is 0. The summed E-state index contributed by atoms with van der Waals surface area (Å²) < 4.78 is 10.6. The van der Waals surface area contributed by atoms with E-state index in [1.807, 2.05) is 0 Å². The van der Waals surface area contributed by atoms with Gasteiger partial charge in [0.05, 0.1) is 14.2 Å². The molecule has 15 heavy (non-hydrogen) atoms. The van der Waals surface area contributed by atoms with Crippen LogP contribution in [0, 0.1) is 0 Å². The SMILES string of the molecule is COc1cc2c(cc1OC)[C@H]1CC[C@@H]2N1. The molecule has 80 valence electrons. The molecule has 2 aliphatic heterocycles. The topological polar surface area (TPSA) is 30.5 Å². The van der Waals surface area contributed by atoms with Crippen molar-refractivity contribution in [3.8, 4) is 11.5 Å². The van der Waals surface area contributed by atoms with Gasteiger partial charge in [0, 0.05) is 12.1 Å². The van der Waals surface area contributed by atoms with Crippen LogP contribution >= 0.6 is 0 Å². The molecule has 1 aromatic rings. The Bertz CT molecular complexity index is 366. The number of ether oxygens (including phenoxy) is 2. The molecule has 2 heterocycles. The van der Waals surface area contributed by atoms with E-state index in [9.17, 15) is 0 Å². The Morgan fingerprint density at radius 1 is 1.00 bits per heavy atom. The van der Waals surface area contributed by atoms with E-state index in [4.69, 9.17) is 9.47 Å². The number of fused-ring (bicyclic) bond motifs is 5. The van der Waals surface area contributed by atoms with Gasteiger partial charge < -0.3 is 14.8 Å². The second-order valence-corrected chi connectivity index (χ2v) is 4.19. The van der Waals surface area contributed by atoms with Crippen molar-refractivity contribution in [2.75, 3.05) is 14.2 Å². The predicted molar refractivity (Wildman–Crippen MR) is 57.4 cm³/mol. The molecule has 0 radical (unpaired) electrons. The molecule has 1 aromatic carbocycles. The molecule has 2 aliphatic rings. The molecule has 3 heteroatoms. The summed E-state index contributed by atoms with van der Waals surface area (Å²) in [6.45, 7) is 0. The summed E-state index contributed by atoms with van der Waals surface area (Å²) in [5, 5.41) is 3.58. The highest BCUT2D eigenvalue weighted by molar-refractivity contribution is 5.52. The Morgan fingerprint density at radius 3 is 1.87 bits per heavy atom. The lowest BCUT2D eigenvalue weighted by molar-refractivity contribution is 0.353. The van der Waals surface area contributed by atoms with Crippen molar-refractivity contribution >= 4 is 0 Å². The van der Waals surface area contributed by atoms with E-state index in [1.165, 1.54) is 24.0 Å². The zero-order valence-electron chi connectivity index (χ0n) is 9.04. The van der Waals surface area contributed by atoms with Gasteiger partial charge >= 0.3 is 0 Å². The van der Waals surface area contributed by atoms with Crippen LogP contribution in [-0.4, -0.2) is 14.2 Å². The van der Waals surface area contributed by atoms with Crippen molar-refractivity contribution < 1.29 is 9.47 Å². The number of benzene rings is 1. The van der Waals surface area contributed by atoms with Crippen LogP contribution in [0.2, 0.25) is 0 Å². The number of rotatable bonds is 2. The van der Waals surface area contributed by atoms with E-state index in [0.717, 1.165) is 11.5 Å². The van der Waals surface area contributed by atoms with Gasteiger partial charge in [0.15, 0.2) is 11.5 Å². The van der Waals surface area contributed by atoms with E-state index in [1.54, 1.807) is 14.2 Å². The first kappa shape index (κ1) is 9.04. The molecule has 1 N–H and O–H groups in total. The molecular formula is C12H15NO2. The molecule has 2 atom stereocenters. The molecule has 3 rings (SSSR count). The minimum atomic E-state index is 0.532. The van der Waals surface area contributed by atoms with Crippen molar-refractivity contribution in [1.82, 2.24) is 5.32 Å². The molecule has 0 aromatic heterocycles. The van der Waals surface area contributed by atoms with Gasteiger partial charge in [0.25, 0.3) is 0 Å². The highest BCUT2D eigenvalue weighted by Gasteiger charge is 2.37. The third kappa shape index (κ3) is 1.16. The predicted octanol–water partition coefficient (Wildman–Crippen LogP) is 2.18. The smallest absolute Gasteiger partial charge is 0.161 e. The molecule has 0 aliphatic carbocycles. The Hall–Kier alpha value is -1.22. The van der Waals surface area contributed by atoms with Crippen LogP contribution in [0.1, 0.15) is 36.1 Å². The standard InChI is InChI=1S/C12H15NO2/c1-14-11-5-7-8(6-12(11)15-2)10-4-3-9(7)13-10/h5-6,9-10,13H,3-4H2,1-2H3/t9-,10+. The molecule has 2 bridgehead atoms. The summed E-state index contributed by atoms with van der Waals surface area (Å²) in [7, 11) is 3.37. The Balaban J connectivity index is 2.13. The molecular weight excluding hydrogens is 190 g/mol. The maximum Gasteiger partial charge on any atom is 0.161 e. The molecule has 0 amide bonds. The van der Waals surface area contributed by atoms with Gasteiger partial charge in [-0.25, -0.2) is 0 Å². The van der Waals surface area contributed by atoms with Crippen molar-refractivity contribution in [3.05, 3.63) is 23.3 Å². The molecule has 0 saturated carbocycles. The number of hydrogen-bond acceptors (Lipinski definition) is 3. The fourth-order valence-corrected chi connectivity index (χ4v) is 2.75. The molecule has 3 nitrogen and oxygen atoms in total. The third-order valence-electron chi connectivity index (χ3n) is 3.49. The minimum Gasteiger partial charge on any atom is -0.493 e. The lowest BCUT2D eigenvalue weighted by atomic mass is 9.91. The first-order valence-corrected chi connectivity index (χ1v) is 5.35. The van der Waals surface area contributed by atoms with Crippen LogP contribution in [0.5, 0.6) is 11.5 Å². The first-order valence-electron chi connectivity index (χ1n) is 5.35. The lowest BCUT2D eigenvalue weighted by Crippen LogP contribution is -2.05. The second kappa shape index (κ2) is 3.14. The monoisotopic (exact) mass is 205 g/mol. The van der Waals surface area contributed by atoms with Gasteiger partial charge in [-0.2, -0.15) is 0 Å². The summed E-state index contributed by atoms with van der Waals surface area (Å²) in [5.74, 6) is 1.68. The van der Waals surface area contributed by atoms with E-state index >= 15 is 0 Å². The Labute approximate surface area is 89.4 Å². The van der Waals surface area contributed by atoms with Gasteiger partial charge in [0.1, 0.15) is 0 Å². The van der Waals surface area contributed by atoms with Gasteiger partial charge in [-0.05, 0) is 36.1 Å². The van der Waals surface area contributed by atoms with Crippen LogP contribution in [0.25, 0.3) is 0 Å². The van der Waals surface area contributed by atoms with Crippen molar-refractivity contribution in [2.45, 2.75) is 24.9 Å². The van der Waals surface area contributed by atoms with Gasteiger partial charge in [-0.15, -0.1) is 0 Å². The summed E-state index contributed by atoms with van der Waals surface area (Å²) in [6.07, 6.45) is 2.49. The van der Waals surface area contributed by atoms with Gasteiger partial charge in [0.2, 0.25) is 0 Å². The zero-order chi connectivity index (χ0) is 10.4. The fourth-order valence-electron chi connectivity index (χ4n) is 2.75. The second-order valence-electron chi connectivity index (χ2n) is 4.19. The van der Waals surface area contributed by atoms with Crippen LogP contribution in [0.4, 0.5) is 0 Å². The van der Waals surface area contributed by atoms with Crippen molar-refractivity contribution in [2.24, 2.45) is 0 Å². The zero-order valence-corrected chi connectivity index (χ0v) is 9.04. The number of hydrogen-bond donors (Lipinski definition) is 1. The molecule has 0 unspecified atom stereocenters. The number of methoxy groups -OCH3 is 2. The maximum atomic E-state index is 5.32. The van der Waals surface area contributed by atoms with Crippen molar-refractivity contribution in [1.29, 1.82) is 0 Å². The quantitative estimate of drug-likeness (QED) is 0.802. The van der Waals surface area contributed by atoms with Gasteiger partial charge in [-0.1, -0.05) is 0 Å². The largest absolute Gasteiger partial charge is 0.493 e. The minimum absolute atomic E-state index is 0.532. The summed E-state index contributed by atoms with van der Waals surface area (Å²) >= 11 is 0. The van der Waals surface area contributed by atoms with Crippen LogP contribution in [0.15, 0.2) is 12.1 Å². The van der Waals surface area contributed by atoms with E-state index in [-0.39, 0.29) is 0 Å². The average Bonchev–Trinajstić information content (AvgIpc) is 2.88. The normalized spacial score (nSPS) is 26.5. The highest BCUT2D eigenvalue weighted by Crippen LogP contribution is 2.48. The Kier molecular flexibility index (Phi) is 1.89. The maximum absolute atomic E-state index is 5.32. The average molecular weight is 205 g/mol. The highest BCUT2D eigenvalue weighted by atomic mass is 16.5. The summed E-state index contributed by atoms with van der Waals surface area (Å²) in [6, 6.07) is 5.30. The van der Waals surface area contributed by atoms with Crippen LogP contribution in [-0.2, 0) is 0 Å². The molecule has 1 fully saturated rings. The van der Waals surface area contributed by atoms with Crippen LogP contribution in [0.3, 0.4) is 0 Å². The van der Waals surface area contributed by atoms with E-state index in [0.29, 0.717) is 12.1 Å². The first-order chi connectivity index (χ1) is 7.33. The molecule has 0 spiro atoms. The van der Waals surface area contributed by atoms with Crippen molar-refractivity contribution in [3.63, 3.8) is 0 Å². The fraction of sp³-hybridized carbons (Fsp3) is 0.500. The molecule has 1 saturated heterocycles. The third-order valence-corrected chi connectivity index (χ3v) is 3.49. The Morgan fingerprint density at radius 2 is 1.47 bits per heavy atom. The van der Waals surface area contributed by atoms with E-state index in [2.05, 4.69) is 17.4 Å².